The molecule has 0 radical (unpaired) electrons. The summed E-state index contributed by atoms with van der Waals surface area (Å²) in [6, 6.07) is 3.66. The number of hydrogen-bond acceptors (Lipinski definition) is 3. The topological polar surface area (TPSA) is 66.4 Å². The summed E-state index contributed by atoms with van der Waals surface area (Å²) in [5, 5.41) is 11.3. The first-order valence-electron chi connectivity index (χ1n) is 5.14. The first kappa shape index (κ1) is 17.0. The number of hydrogen-bond donors (Lipinski definition) is 2. The quantitative estimate of drug-likeness (QED) is 0.607. The Labute approximate surface area is 140 Å². The van der Waals surface area contributed by atoms with Gasteiger partial charge in [-0.15, -0.1) is 0 Å². The highest BCUT2D eigenvalue weighted by Crippen LogP contribution is 2.34. The number of thioether (sulfide) groups is 1. The molecule has 2 N–H and O–H groups in total. The van der Waals surface area contributed by atoms with E-state index in [9.17, 15) is 9.59 Å². The summed E-state index contributed by atoms with van der Waals surface area (Å²) in [5.74, 6) is -0.376. The number of carboxylic acids is 1. The van der Waals surface area contributed by atoms with Gasteiger partial charge in [0, 0.05) is 19.2 Å². The van der Waals surface area contributed by atoms with Gasteiger partial charge in [-0.3, -0.25) is 9.59 Å². The van der Waals surface area contributed by atoms with Gasteiger partial charge in [-0.2, -0.15) is 11.8 Å². The molecule has 0 fully saturated rings. The standard InChI is InChI=1S/C11H10Br3NO3S/c12-6-3-7(13)11(8(14)4-6)15-9(16)5-19-2-1-10(17)18/h3-4H,1-2,5H2,(H,15,16)(H,17,18). The first-order chi connectivity index (χ1) is 8.90. The van der Waals surface area contributed by atoms with Crippen molar-refractivity contribution < 1.29 is 14.7 Å². The number of aliphatic carboxylic acids is 1. The lowest BCUT2D eigenvalue weighted by molar-refractivity contribution is -0.136. The van der Waals surface area contributed by atoms with Gasteiger partial charge in [0.1, 0.15) is 0 Å². The highest BCUT2D eigenvalue weighted by Gasteiger charge is 2.10. The third-order valence-corrected chi connectivity index (χ3v) is 4.63. The van der Waals surface area contributed by atoms with Crippen molar-refractivity contribution in [2.24, 2.45) is 0 Å². The second-order valence-electron chi connectivity index (χ2n) is 3.49. The second kappa shape index (κ2) is 8.28. The van der Waals surface area contributed by atoms with Gasteiger partial charge < -0.3 is 10.4 Å². The highest BCUT2D eigenvalue weighted by atomic mass is 79.9. The van der Waals surface area contributed by atoms with Crippen LogP contribution in [-0.2, 0) is 9.59 Å². The van der Waals surface area contributed by atoms with Gasteiger partial charge in [0.15, 0.2) is 0 Å². The molecule has 0 bridgehead atoms. The number of nitrogens with one attached hydrogen (secondary N) is 1. The fraction of sp³-hybridized carbons (Fsp3) is 0.273. The fourth-order valence-corrected chi connectivity index (χ4v) is 4.34. The third kappa shape index (κ3) is 6.29. The number of carbonyl (C=O) groups excluding carboxylic acids is 1. The zero-order chi connectivity index (χ0) is 14.4. The van der Waals surface area contributed by atoms with Crippen molar-refractivity contribution in [1.82, 2.24) is 0 Å². The van der Waals surface area contributed by atoms with Crippen LogP contribution in [0, 0.1) is 0 Å². The Morgan fingerprint density at radius 1 is 1.21 bits per heavy atom. The van der Waals surface area contributed by atoms with E-state index in [1.54, 1.807) is 0 Å². The number of halogens is 3. The number of carbonyl (C=O) groups is 2. The summed E-state index contributed by atoms with van der Waals surface area (Å²) in [4.78, 5) is 22.0. The van der Waals surface area contributed by atoms with E-state index in [1.165, 1.54) is 11.8 Å². The summed E-state index contributed by atoms with van der Waals surface area (Å²) in [7, 11) is 0. The van der Waals surface area contributed by atoms with Gasteiger partial charge in [-0.1, -0.05) is 15.9 Å². The van der Waals surface area contributed by atoms with Crippen molar-refractivity contribution in [1.29, 1.82) is 0 Å². The summed E-state index contributed by atoms with van der Waals surface area (Å²) in [6.45, 7) is 0. The lowest BCUT2D eigenvalue weighted by Crippen LogP contribution is -2.15. The Hall–Kier alpha value is -0.0500. The molecule has 19 heavy (non-hydrogen) atoms. The van der Waals surface area contributed by atoms with Gasteiger partial charge in [0.25, 0.3) is 0 Å². The molecule has 0 atom stereocenters. The number of carboxylic acid groups (broad SMARTS) is 1. The monoisotopic (exact) mass is 473 g/mol. The van der Waals surface area contributed by atoms with Crippen molar-refractivity contribution in [3.05, 3.63) is 25.6 Å². The van der Waals surface area contributed by atoms with Crippen LogP contribution in [0.15, 0.2) is 25.6 Å². The number of rotatable bonds is 6. The minimum absolute atomic E-state index is 0.0591. The number of amides is 1. The minimum Gasteiger partial charge on any atom is -0.481 e. The molecule has 0 spiro atoms. The smallest absolute Gasteiger partial charge is 0.304 e. The summed E-state index contributed by atoms with van der Waals surface area (Å²) < 4.78 is 2.41. The van der Waals surface area contributed by atoms with Gasteiger partial charge >= 0.3 is 5.97 Å². The van der Waals surface area contributed by atoms with Gasteiger partial charge in [0.2, 0.25) is 5.91 Å². The normalized spacial score (nSPS) is 10.3. The van der Waals surface area contributed by atoms with Gasteiger partial charge in [-0.05, 0) is 44.0 Å². The lowest BCUT2D eigenvalue weighted by Gasteiger charge is -2.10. The van der Waals surface area contributed by atoms with E-state index in [0.717, 1.165) is 13.4 Å². The van der Waals surface area contributed by atoms with Crippen LogP contribution < -0.4 is 5.32 Å². The van der Waals surface area contributed by atoms with Crippen LogP contribution >= 0.6 is 59.6 Å². The first-order valence-corrected chi connectivity index (χ1v) is 8.67. The minimum atomic E-state index is -0.855. The molecule has 0 aliphatic carbocycles. The van der Waals surface area contributed by atoms with Crippen LogP contribution in [0.1, 0.15) is 6.42 Å². The third-order valence-electron chi connectivity index (χ3n) is 1.96. The van der Waals surface area contributed by atoms with E-state index in [1.807, 2.05) is 12.1 Å². The molecule has 0 aliphatic heterocycles. The largest absolute Gasteiger partial charge is 0.481 e. The molecule has 4 nitrogen and oxygen atoms in total. The zero-order valence-electron chi connectivity index (χ0n) is 9.58. The Morgan fingerprint density at radius 3 is 2.32 bits per heavy atom. The second-order valence-corrected chi connectivity index (χ2v) is 7.22. The average Bonchev–Trinajstić information content (AvgIpc) is 2.29. The van der Waals surface area contributed by atoms with E-state index in [2.05, 4.69) is 53.1 Å². The lowest BCUT2D eigenvalue weighted by atomic mass is 10.3. The molecule has 0 saturated heterocycles. The molecular formula is C11H10Br3NO3S. The molecule has 0 saturated carbocycles. The SMILES string of the molecule is O=C(O)CCSCC(=O)Nc1c(Br)cc(Br)cc1Br. The van der Waals surface area contributed by atoms with Gasteiger partial charge in [0.05, 0.1) is 17.9 Å². The van der Waals surface area contributed by atoms with Crippen molar-refractivity contribution >= 4 is 77.1 Å². The van der Waals surface area contributed by atoms with Crippen LogP contribution in [0.2, 0.25) is 0 Å². The van der Waals surface area contributed by atoms with Crippen molar-refractivity contribution in [3.8, 4) is 0 Å². The Morgan fingerprint density at radius 2 is 1.79 bits per heavy atom. The van der Waals surface area contributed by atoms with Crippen LogP contribution in [0.3, 0.4) is 0 Å². The Balaban J connectivity index is 2.51. The highest BCUT2D eigenvalue weighted by molar-refractivity contribution is 9.11. The number of anilines is 1. The molecule has 0 aromatic heterocycles. The van der Waals surface area contributed by atoms with E-state index in [4.69, 9.17) is 5.11 Å². The van der Waals surface area contributed by atoms with Crippen molar-refractivity contribution in [2.75, 3.05) is 16.8 Å². The zero-order valence-corrected chi connectivity index (χ0v) is 15.2. The number of benzene rings is 1. The van der Waals surface area contributed by atoms with E-state index in [0.29, 0.717) is 11.4 Å². The molecule has 0 heterocycles. The summed E-state index contributed by atoms with van der Waals surface area (Å²) >= 11 is 11.4. The fourth-order valence-electron chi connectivity index (χ4n) is 1.16. The molecule has 1 aromatic carbocycles. The molecule has 1 amide bonds. The summed E-state index contributed by atoms with van der Waals surface area (Å²) in [5.41, 5.74) is 0.659. The predicted octanol–water partition coefficient (Wildman–Crippen LogP) is 4.12. The predicted molar refractivity (Wildman–Crippen MR) is 87.7 cm³/mol. The Bertz CT molecular complexity index is 473. The molecule has 8 heteroatoms. The maximum absolute atomic E-state index is 11.7. The van der Waals surface area contributed by atoms with Crippen LogP contribution in [0.25, 0.3) is 0 Å². The van der Waals surface area contributed by atoms with Crippen LogP contribution in [-0.4, -0.2) is 28.5 Å². The Kier molecular flexibility index (Phi) is 7.41. The molecule has 0 aliphatic rings. The van der Waals surface area contributed by atoms with Crippen molar-refractivity contribution in [2.45, 2.75) is 6.42 Å². The molecule has 1 aromatic rings. The molecule has 104 valence electrons. The maximum Gasteiger partial charge on any atom is 0.304 e. The molecule has 0 unspecified atom stereocenters. The average molecular weight is 476 g/mol. The van der Waals surface area contributed by atoms with E-state index in [-0.39, 0.29) is 18.1 Å². The maximum atomic E-state index is 11.7. The molecule has 1 rings (SSSR count). The van der Waals surface area contributed by atoms with Crippen LogP contribution in [0.5, 0.6) is 0 Å². The summed E-state index contributed by atoms with van der Waals surface area (Å²) in [6.07, 6.45) is 0.0591. The van der Waals surface area contributed by atoms with E-state index < -0.39 is 5.97 Å². The van der Waals surface area contributed by atoms with Crippen LogP contribution in [0.4, 0.5) is 5.69 Å². The van der Waals surface area contributed by atoms with E-state index >= 15 is 0 Å². The van der Waals surface area contributed by atoms with Crippen molar-refractivity contribution in [3.63, 3.8) is 0 Å². The van der Waals surface area contributed by atoms with Gasteiger partial charge in [-0.25, -0.2) is 0 Å². The molecular weight excluding hydrogens is 466 g/mol.